The van der Waals surface area contributed by atoms with E-state index in [0.29, 0.717) is 29.4 Å². The van der Waals surface area contributed by atoms with Gasteiger partial charge in [-0.2, -0.15) is 0 Å². The fraction of sp³-hybridized carbons (Fsp3) is 0.500. The van der Waals surface area contributed by atoms with Crippen molar-refractivity contribution < 1.29 is 23.9 Å². The van der Waals surface area contributed by atoms with Gasteiger partial charge in [0.1, 0.15) is 11.4 Å². The van der Waals surface area contributed by atoms with E-state index in [2.05, 4.69) is 20.6 Å². The number of nitrogens with two attached hydrogens (primary N) is 1. The molecular weight excluding hydrogens is 500 g/mol. The summed E-state index contributed by atoms with van der Waals surface area (Å²) < 4.78 is 5.40. The molecule has 11 nitrogen and oxygen atoms in total. The van der Waals surface area contributed by atoms with Crippen LogP contribution in [-0.4, -0.2) is 63.9 Å². The molecule has 2 aromatic rings. The van der Waals surface area contributed by atoms with Crippen LogP contribution in [0.2, 0.25) is 0 Å². The molecule has 1 saturated heterocycles. The van der Waals surface area contributed by atoms with Crippen LogP contribution < -0.4 is 16.4 Å². The number of nitrogens with zero attached hydrogens (tertiary/aromatic N) is 3. The molecule has 2 fully saturated rings. The van der Waals surface area contributed by atoms with Crippen molar-refractivity contribution in [2.24, 2.45) is 17.6 Å². The van der Waals surface area contributed by atoms with Crippen molar-refractivity contribution in [2.45, 2.75) is 58.5 Å². The summed E-state index contributed by atoms with van der Waals surface area (Å²) in [5, 5.41) is 5.57. The van der Waals surface area contributed by atoms with E-state index in [1.54, 1.807) is 29.4 Å². The van der Waals surface area contributed by atoms with E-state index in [1.807, 2.05) is 20.8 Å². The topological polar surface area (TPSA) is 157 Å². The monoisotopic (exact) mass is 538 g/mol. The minimum atomic E-state index is -0.528. The Morgan fingerprint density at radius 1 is 1.05 bits per heavy atom. The van der Waals surface area contributed by atoms with Gasteiger partial charge in [-0.1, -0.05) is 0 Å². The molecule has 39 heavy (non-hydrogen) atoms. The van der Waals surface area contributed by atoms with E-state index >= 15 is 0 Å². The smallest absolute Gasteiger partial charge is 0.410 e. The van der Waals surface area contributed by atoms with Gasteiger partial charge in [-0.15, -0.1) is 0 Å². The second-order valence-corrected chi connectivity index (χ2v) is 10.8. The Labute approximate surface area is 228 Å². The Kier molecular flexibility index (Phi) is 10.4. The van der Waals surface area contributed by atoms with Gasteiger partial charge in [-0.3, -0.25) is 19.4 Å². The summed E-state index contributed by atoms with van der Waals surface area (Å²) in [7, 11) is 0. The maximum absolute atomic E-state index is 12.0. The standard InChI is InChI=1S/C18H27N3O3.C10H11N3O2/c1-18(2,3)24-17(23)21-11-7-14(8-12-21)6-10-20-16(22)15-5-4-9-19-13-15;11-9(14)7-3-4-12-8(5-7)13-10(15)6-1-2-6/h4-5,9,13-14H,6-8,10-12H2,1-3H3,(H,20,22);3-6H,1-2H2,(H2,11,14)(H,12,13,15). The summed E-state index contributed by atoms with van der Waals surface area (Å²) in [6.45, 7) is 7.71. The Balaban J connectivity index is 0.000000239. The lowest BCUT2D eigenvalue weighted by atomic mass is 9.94. The fourth-order valence-corrected chi connectivity index (χ4v) is 3.95. The van der Waals surface area contributed by atoms with Crippen molar-refractivity contribution >= 4 is 29.6 Å². The van der Waals surface area contributed by atoms with Crippen molar-refractivity contribution in [1.29, 1.82) is 0 Å². The number of pyridine rings is 2. The normalized spacial score (nSPS) is 15.4. The van der Waals surface area contributed by atoms with Crippen LogP contribution in [0.25, 0.3) is 0 Å². The van der Waals surface area contributed by atoms with Gasteiger partial charge in [-0.25, -0.2) is 9.78 Å². The number of amides is 4. The average molecular weight is 539 g/mol. The molecule has 4 N–H and O–H groups in total. The molecular formula is C28H38N6O5. The zero-order valence-corrected chi connectivity index (χ0v) is 22.8. The van der Waals surface area contributed by atoms with Gasteiger partial charge in [0.05, 0.1) is 5.56 Å². The zero-order chi connectivity index (χ0) is 28.4. The van der Waals surface area contributed by atoms with E-state index < -0.39 is 11.5 Å². The molecule has 0 aromatic carbocycles. The van der Waals surface area contributed by atoms with Crippen LogP contribution in [0, 0.1) is 11.8 Å². The molecule has 0 unspecified atom stereocenters. The third-order valence-electron chi connectivity index (χ3n) is 6.27. The minimum absolute atomic E-state index is 0.0379. The highest BCUT2D eigenvalue weighted by atomic mass is 16.6. The summed E-state index contributed by atoms with van der Waals surface area (Å²) in [6, 6.07) is 6.49. The molecule has 0 atom stereocenters. The number of aromatic nitrogens is 2. The number of ether oxygens (including phenoxy) is 1. The number of piperidine rings is 1. The molecule has 1 aliphatic carbocycles. The number of likely N-dealkylation sites (tertiary alicyclic amines) is 1. The molecule has 2 aliphatic rings. The van der Waals surface area contributed by atoms with E-state index in [9.17, 15) is 19.2 Å². The number of rotatable bonds is 7. The largest absolute Gasteiger partial charge is 0.444 e. The molecule has 1 aliphatic heterocycles. The maximum atomic E-state index is 12.0. The Morgan fingerprint density at radius 2 is 1.77 bits per heavy atom. The predicted octanol–water partition coefficient (Wildman–Crippen LogP) is 3.38. The second-order valence-electron chi connectivity index (χ2n) is 10.8. The molecule has 4 amide bonds. The van der Waals surface area contributed by atoms with Gasteiger partial charge in [0, 0.05) is 49.7 Å². The number of nitrogens with one attached hydrogen (secondary N) is 2. The van der Waals surface area contributed by atoms with Gasteiger partial charge in [0.2, 0.25) is 11.8 Å². The zero-order valence-electron chi connectivity index (χ0n) is 22.8. The second kappa shape index (κ2) is 13.7. The van der Waals surface area contributed by atoms with E-state index in [-0.39, 0.29) is 23.8 Å². The number of anilines is 1. The lowest BCUT2D eigenvalue weighted by molar-refractivity contribution is -0.117. The van der Waals surface area contributed by atoms with Gasteiger partial charge in [0.15, 0.2) is 0 Å². The van der Waals surface area contributed by atoms with Crippen LogP contribution in [0.4, 0.5) is 10.6 Å². The predicted molar refractivity (Wildman–Crippen MR) is 146 cm³/mol. The third-order valence-corrected chi connectivity index (χ3v) is 6.27. The van der Waals surface area contributed by atoms with Crippen molar-refractivity contribution in [3.05, 3.63) is 54.0 Å². The molecule has 210 valence electrons. The minimum Gasteiger partial charge on any atom is -0.444 e. The Hall–Kier alpha value is -4.02. The summed E-state index contributed by atoms with van der Waals surface area (Å²) in [4.78, 5) is 55.9. The van der Waals surface area contributed by atoms with Crippen molar-refractivity contribution in [3.63, 3.8) is 0 Å². The number of carbonyl (C=O) groups is 4. The molecule has 0 bridgehead atoms. The Morgan fingerprint density at radius 3 is 2.36 bits per heavy atom. The van der Waals surface area contributed by atoms with Crippen LogP contribution in [0.15, 0.2) is 42.9 Å². The summed E-state index contributed by atoms with van der Waals surface area (Å²) in [5.41, 5.74) is 5.58. The fourth-order valence-electron chi connectivity index (χ4n) is 3.95. The summed E-state index contributed by atoms with van der Waals surface area (Å²) in [5.74, 6) is 0.364. The average Bonchev–Trinajstić information content (AvgIpc) is 3.75. The van der Waals surface area contributed by atoms with Crippen LogP contribution in [0.5, 0.6) is 0 Å². The Bertz CT molecular complexity index is 1140. The van der Waals surface area contributed by atoms with E-state index in [1.165, 1.54) is 18.3 Å². The van der Waals surface area contributed by atoms with Crippen molar-refractivity contribution in [3.8, 4) is 0 Å². The van der Waals surface area contributed by atoms with Crippen LogP contribution in [0.3, 0.4) is 0 Å². The van der Waals surface area contributed by atoms with Gasteiger partial charge in [0.25, 0.3) is 5.91 Å². The first-order chi connectivity index (χ1) is 18.5. The summed E-state index contributed by atoms with van der Waals surface area (Å²) >= 11 is 0. The number of carbonyl (C=O) groups excluding carboxylic acids is 4. The first kappa shape index (κ1) is 29.5. The molecule has 2 aromatic heterocycles. The van der Waals surface area contributed by atoms with Crippen molar-refractivity contribution in [1.82, 2.24) is 20.2 Å². The SMILES string of the molecule is CC(C)(C)OC(=O)N1CCC(CCNC(=O)c2cccnc2)CC1.NC(=O)c1ccnc(NC(=O)C2CC2)c1. The highest BCUT2D eigenvalue weighted by molar-refractivity contribution is 5.96. The van der Waals surface area contributed by atoms with Gasteiger partial charge >= 0.3 is 6.09 Å². The molecule has 0 spiro atoms. The quantitative estimate of drug-likeness (QED) is 0.488. The molecule has 4 rings (SSSR count). The lowest BCUT2D eigenvalue weighted by Gasteiger charge is -2.33. The van der Waals surface area contributed by atoms with E-state index in [4.69, 9.17) is 10.5 Å². The third kappa shape index (κ3) is 10.3. The first-order valence-electron chi connectivity index (χ1n) is 13.2. The van der Waals surface area contributed by atoms with Crippen LogP contribution in [0.1, 0.15) is 73.6 Å². The lowest BCUT2D eigenvalue weighted by Crippen LogP contribution is -2.42. The molecule has 1 saturated carbocycles. The number of hydrogen-bond donors (Lipinski definition) is 3. The van der Waals surface area contributed by atoms with Crippen LogP contribution >= 0.6 is 0 Å². The highest BCUT2D eigenvalue weighted by Gasteiger charge is 2.30. The molecule has 0 radical (unpaired) electrons. The summed E-state index contributed by atoms with van der Waals surface area (Å²) in [6.07, 6.45) is 9.11. The molecule has 3 heterocycles. The highest BCUT2D eigenvalue weighted by Crippen LogP contribution is 2.30. The van der Waals surface area contributed by atoms with Gasteiger partial charge < -0.3 is 26.0 Å². The first-order valence-corrected chi connectivity index (χ1v) is 13.2. The van der Waals surface area contributed by atoms with Gasteiger partial charge in [-0.05, 0) is 83.1 Å². The van der Waals surface area contributed by atoms with Crippen molar-refractivity contribution in [2.75, 3.05) is 25.0 Å². The van der Waals surface area contributed by atoms with Crippen LogP contribution in [-0.2, 0) is 9.53 Å². The van der Waals surface area contributed by atoms with E-state index in [0.717, 1.165) is 45.2 Å². The number of primary amides is 1. The maximum Gasteiger partial charge on any atom is 0.410 e. The molecule has 11 heteroatoms. The number of hydrogen-bond acceptors (Lipinski definition) is 7.